The van der Waals surface area contributed by atoms with Crippen molar-refractivity contribution in [2.75, 3.05) is 18.4 Å². The standard InChI is InChI=1S/C29H32F5N9O2/c1-2-16-12-19(4-5-20(16)28(45)38-7-3-6-37-27(44)17-10-18(35)11-17)40-25-26-39-13-22(43(26)9-8-36-25)21-14-42(15-23(30)31)41-24(21)29(32,33)34/h4-5,8-9,12-14,17-18,23H,2-3,6-7,10-11,15,35H2,1H3,(H,36,40)(H,37,44)(H,38,45)/t17-,18-. The molecule has 11 nitrogen and oxygen atoms in total. The lowest BCUT2D eigenvalue weighted by atomic mass is 9.80. The fraction of sp³-hybridized carbons (Fsp3) is 0.414. The molecule has 5 N–H and O–H groups in total. The zero-order chi connectivity index (χ0) is 32.3. The molecule has 1 fully saturated rings. The number of amides is 2. The molecule has 45 heavy (non-hydrogen) atoms. The molecule has 0 bridgehead atoms. The molecule has 3 aromatic heterocycles. The zero-order valence-corrected chi connectivity index (χ0v) is 24.2. The van der Waals surface area contributed by atoms with E-state index >= 15 is 0 Å². The van der Waals surface area contributed by atoms with E-state index in [-0.39, 0.29) is 40.9 Å². The summed E-state index contributed by atoms with van der Waals surface area (Å²) in [5.41, 5.74) is 5.98. The van der Waals surface area contributed by atoms with Gasteiger partial charge in [-0.2, -0.15) is 18.3 Å². The average Bonchev–Trinajstić information content (AvgIpc) is 3.59. The number of halogens is 5. The summed E-state index contributed by atoms with van der Waals surface area (Å²) in [6.45, 7) is 1.72. The predicted octanol–water partition coefficient (Wildman–Crippen LogP) is 4.16. The Bertz CT molecular complexity index is 1680. The van der Waals surface area contributed by atoms with Crippen LogP contribution in [0.5, 0.6) is 0 Å². The van der Waals surface area contributed by atoms with Crippen molar-refractivity contribution in [3.8, 4) is 11.3 Å². The maximum Gasteiger partial charge on any atom is 0.435 e. The van der Waals surface area contributed by atoms with Gasteiger partial charge in [0, 0.05) is 54.9 Å². The second kappa shape index (κ2) is 13.2. The Balaban J connectivity index is 1.27. The van der Waals surface area contributed by atoms with Crippen molar-refractivity contribution in [3.63, 3.8) is 0 Å². The predicted molar refractivity (Wildman–Crippen MR) is 155 cm³/mol. The number of aryl methyl sites for hydroxylation is 1. The van der Waals surface area contributed by atoms with Crippen LogP contribution in [0.25, 0.3) is 16.9 Å². The van der Waals surface area contributed by atoms with E-state index < -0.39 is 30.4 Å². The Kier molecular flexibility index (Phi) is 9.32. The van der Waals surface area contributed by atoms with Gasteiger partial charge in [-0.25, -0.2) is 18.7 Å². The highest BCUT2D eigenvalue weighted by Gasteiger charge is 2.38. The van der Waals surface area contributed by atoms with Gasteiger partial charge in [-0.1, -0.05) is 6.92 Å². The first-order valence-corrected chi connectivity index (χ1v) is 14.4. The number of fused-ring (bicyclic) bond motifs is 1. The topological polar surface area (TPSA) is 144 Å². The monoisotopic (exact) mass is 633 g/mol. The number of carbonyl (C=O) groups excluding carboxylic acids is 2. The number of hydrogen-bond donors (Lipinski definition) is 4. The molecule has 3 heterocycles. The summed E-state index contributed by atoms with van der Waals surface area (Å²) in [6.07, 6.45) is -0.386. The fourth-order valence-electron chi connectivity index (χ4n) is 5.20. The number of nitrogens with one attached hydrogen (secondary N) is 3. The Hall–Kier alpha value is -4.60. The largest absolute Gasteiger partial charge is 0.435 e. The van der Waals surface area contributed by atoms with Crippen LogP contribution >= 0.6 is 0 Å². The second-order valence-electron chi connectivity index (χ2n) is 10.8. The van der Waals surface area contributed by atoms with Gasteiger partial charge in [0.15, 0.2) is 17.2 Å². The smallest absolute Gasteiger partial charge is 0.356 e. The van der Waals surface area contributed by atoms with Crippen LogP contribution in [0.1, 0.15) is 47.8 Å². The molecule has 0 aliphatic heterocycles. The van der Waals surface area contributed by atoms with Gasteiger partial charge in [-0.3, -0.25) is 18.7 Å². The number of imidazole rings is 1. The quantitative estimate of drug-likeness (QED) is 0.136. The lowest BCUT2D eigenvalue weighted by molar-refractivity contribution is -0.141. The minimum Gasteiger partial charge on any atom is -0.356 e. The molecule has 1 aliphatic carbocycles. The molecule has 0 unspecified atom stereocenters. The van der Waals surface area contributed by atoms with Gasteiger partial charge in [0.05, 0.1) is 17.5 Å². The fourth-order valence-corrected chi connectivity index (χ4v) is 5.20. The van der Waals surface area contributed by atoms with Gasteiger partial charge >= 0.3 is 6.18 Å². The molecule has 0 radical (unpaired) electrons. The summed E-state index contributed by atoms with van der Waals surface area (Å²) in [4.78, 5) is 33.4. The number of rotatable bonds is 12. The first-order chi connectivity index (χ1) is 21.4. The summed E-state index contributed by atoms with van der Waals surface area (Å²) in [5, 5.41) is 12.2. The van der Waals surface area contributed by atoms with Crippen LogP contribution in [0, 0.1) is 5.92 Å². The highest BCUT2D eigenvalue weighted by atomic mass is 19.4. The van der Waals surface area contributed by atoms with E-state index in [1.54, 1.807) is 18.2 Å². The lowest BCUT2D eigenvalue weighted by Crippen LogP contribution is -2.45. The van der Waals surface area contributed by atoms with Gasteiger partial charge in [-0.15, -0.1) is 0 Å². The number of aromatic nitrogens is 5. The van der Waals surface area contributed by atoms with E-state index in [2.05, 4.69) is 31.0 Å². The Morgan fingerprint density at radius 2 is 1.89 bits per heavy atom. The van der Waals surface area contributed by atoms with Crippen LogP contribution in [-0.4, -0.2) is 61.5 Å². The minimum atomic E-state index is -4.88. The molecule has 2 amide bonds. The van der Waals surface area contributed by atoms with Gasteiger partial charge in [0.25, 0.3) is 12.3 Å². The summed E-state index contributed by atoms with van der Waals surface area (Å²) in [5.74, 6) is -0.0785. The van der Waals surface area contributed by atoms with E-state index in [0.717, 1.165) is 11.8 Å². The van der Waals surface area contributed by atoms with Crippen LogP contribution < -0.4 is 21.7 Å². The number of anilines is 2. The van der Waals surface area contributed by atoms with E-state index in [4.69, 9.17) is 5.73 Å². The van der Waals surface area contributed by atoms with Crippen molar-refractivity contribution < 1.29 is 31.5 Å². The van der Waals surface area contributed by atoms with Crippen molar-refractivity contribution in [2.45, 2.75) is 57.8 Å². The Labute approximate surface area is 254 Å². The van der Waals surface area contributed by atoms with Gasteiger partial charge < -0.3 is 21.7 Å². The molecule has 1 aliphatic rings. The van der Waals surface area contributed by atoms with Gasteiger partial charge in [0.2, 0.25) is 5.91 Å². The Morgan fingerprint density at radius 1 is 1.13 bits per heavy atom. The summed E-state index contributed by atoms with van der Waals surface area (Å²) < 4.78 is 68.9. The molecule has 0 spiro atoms. The van der Waals surface area contributed by atoms with E-state index in [0.29, 0.717) is 54.7 Å². The Morgan fingerprint density at radius 3 is 2.58 bits per heavy atom. The number of hydrogen-bond acceptors (Lipinski definition) is 7. The van der Waals surface area contributed by atoms with Crippen LogP contribution in [0.2, 0.25) is 0 Å². The first kappa shape index (κ1) is 31.8. The summed E-state index contributed by atoms with van der Waals surface area (Å²) in [6, 6.07) is 5.19. The highest BCUT2D eigenvalue weighted by molar-refractivity contribution is 5.96. The number of nitrogens with zero attached hydrogens (tertiary/aromatic N) is 5. The van der Waals surface area contributed by atoms with Crippen LogP contribution in [-0.2, 0) is 23.9 Å². The molecule has 5 rings (SSSR count). The second-order valence-corrected chi connectivity index (χ2v) is 10.8. The highest BCUT2D eigenvalue weighted by Crippen LogP contribution is 2.37. The van der Waals surface area contributed by atoms with Gasteiger partial charge in [0.1, 0.15) is 6.54 Å². The van der Waals surface area contributed by atoms with Crippen molar-refractivity contribution in [3.05, 3.63) is 59.8 Å². The first-order valence-electron chi connectivity index (χ1n) is 14.4. The molecule has 1 aromatic carbocycles. The maximum absolute atomic E-state index is 13.7. The van der Waals surface area contributed by atoms with Crippen molar-refractivity contribution in [1.29, 1.82) is 0 Å². The van der Waals surface area contributed by atoms with E-state index in [1.807, 2.05) is 6.92 Å². The molecule has 16 heteroatoms. The third-order valence-electron chi connectivity index (χ3n) is 7.54. The van der Waals surface area contributed by atoms with Crippen LogP contribution in [0.15, 0.2) is 43.0 Å². The molecular weight excluding hydrogens is 601 g/mol. The van der Waals surface area contributed by atoms with Crippen LogP contribution in [0.4, 0.5) is 33.5 Å². The van der Waals surface area contributed by atoms with Crippen molar-refractivity contribution in [1.82, 2.24) is 34.8 Å². The SMILES string of the molecule is CCc1cc(Nc2nccn3c(-c4cn(CC(F)F)nc4C(F)(F)F)cnc23)ccc1C(=O)NCCCNC(=O)[C@H]1C[C@H](N)C1. The number of nitrogens with two attached hydrogens (primary N) is 1. The molecule has 0 atom stereocenters. The van der Waals surface area contributed by atoms with Crippen LogP contribution in [0.3, 0.4) is 0 Å². The zero-order valence-electron chi connectivity index (χ0n) is 24.2. The number of benzene rings is 1. The van der Waals surface area contributed by atoms with Crippen molar-refractivity contribution >= 4 is 29.0 Å². The molecular formula is C29H32F5N9O2. The normalized spacial score (nSPS) is 16.5. The molecule has 0 saturated heterocycles. The van der Waals surface area contributed by atoms with E-state index in [9.17, 15) is 31.5 Å². The third-order valence-corrected chi connectivity index (χ3v) is 7.54. The minimum absolute atomic E-state index is 0.00337. The number of carbonyl (C=O) groups is 2. The van der Waals surface area contributed by atoms with Gasteiger partial charge in [-0.05, 0) is 49.4 Å². The maximum atomic E-state index is 13.7. The molecule has 240 valence electrons. The average molecular weight is 634 g/mol. The molecule has 4 aromatic rings. The number of alkyl halides is 5. The lowest BCUT2D eigenvalue weighted by Gasteiger charge is -2.31. The summed E-state index contributed by atoms with van der Waals surface area (Å²) >= 11 is 0. The molecule has 1 saturated carbocycles. The van der Waals surface area contributed by atoms with E-state index in [1.165, 1.54) is 23.0 Å². The van der Waals surface area contributed by atoms with Crippen molar-refractivity contribution in [2.24, 2.45) is 11.7 Å². The summed E-state index contributed by atoms with van der Waals surface area (Å²) in [7, 11) is 0. The third kappa shape index (κ3) is 7.21.